The minimum absolute atomic E-state index is 0.226. The van der Waals surface area contributed by atoms with Crippen LogP contribution in [0.4, 0.5) is 0 Å². The van der Waals surface area contributed by atoms with Crippen molar-refractivity contribution >= 4 is 48.0 Å². The Bertz CT molecular complexity index is 3550. The van der Waals surface area contributed by atoms with Crippen LogP contribution in [0.2, 0.25) is 0 Å². The monoisotopic (exact) mass is 1070 g/mol. The molecule has 0 atom stereocenters. The van der Waals surface area contributed by atoms with Gasteiger partial charge in [0.25, 0.3) is 0 Å². The Morgan fingerprint density at radius 2 is 0.821 bits per heavy atom. The van der Waals surface area contributed by atoms with E-state index < -0.39 is 37.9 Å². The van der Waals surface area contributed by atoms with Crippen molar-refractivity contribution in [1.29, 1.82) is 0 Å². The number of methoxy groups -OCH3 is 2. The third kappa shape index (κ3) is 9.01. The first-order valence-corrected chi connectivity index (χ1v) is 29.4. The van der Waals surface area contributed by atoms with Crippen molar-refractivity contribution < 1.29 is 37.4 Å². The average Bonchev–Trinajstić information content (AvgIpc) is 3.10. The van der Waals surface area contributed by atoms with Gasteiger partial charge in [-0.2, -0.15) is 0 Å². The normalized spacial score (nSPS) is 15.1. The quantitative estimate of drug-likeness (QED) is 0.110. The van der Waals surface area contributed by atoms with E-state index in [0.717, 1.165) is 54.9 Å². The molecule has 0 saturated carbocycles. The van der Waals surface area contributed by atoms with Gasteiger partial charge < -0.3 is 0 Å². The van der Waals surface area contributed by atoms with E-state index in [4.69, 9.17) is 27.6 Å². The maximum atomic E-state index is 14.2. The SMILES string of the molecule is COc1ccc(OP2OC(c3ccccc3)(c3ccccc3)C(c3ccccc3)(c3ccccc3)O2)c(-c2cc(OC)c(C(C)(C)C)c(C(C)(C)C)c2OP(O)(O)(c2ccc3ccccc3c2)c2ccc3ccccc3c2)c1. The first-order valence-electron chi connectivity index (χ1n) is 26.2. The average molecular weight is 1070 g/mol. The Morgan fingerprint density at radius 3 is 1.22 bits per heavy atom. The van der Waals surface area contributed by atoms with E-state index >= 15 is 0 Å². The Kier molecular flexibility index (Phi) is 13.6. The molecule has 78 heavy (non-hydrogen) atoms. The van der Waals surface area contributed by atoms with Crippen LogP contribution in [0.1, 0.15) is 74.9 Å². The molecule has 8 nitrogen and oxygen atoms in total. The number of benzene rings is 10. The van der Waals surface area contributed by atoms with E-state index in [9.17, 15) is 9.79 Å². The summed E-state index contributed by atoms with van der Waals surface area (Å²) in [6.07, 6.45) is 0. The summed E-state index contributed by atoms with van der Waals surface area (Å²) >= 11 is 0. The molecule has 10 aromatic rings. The van der Waals surface area contributed by atoms with Gasteiger partial charge in [0.05, 0.1) is 0 Å². The van der Waals surface area contributed by atoms with Gasteiger partial charge >= 0.3 is 437 Å². The van der Waals surface area contributed by atoms with E-state index in [1.54, 1.807) is 26.4 Å². The summed E-state index contributed by atoms with van der Waals surface area (Å²) in [7, 11) is -4.88. The summed E-state index contributed by atoms with van der Waals surface area (Å²) in [5.41, 5.74) is 2.10. The predicted octanol–water partition coefficient (Wildman–Crippen LogP) is 16.1. The summed E-state index contributed by atoms with van der Waals surface area (Å²) in [4.78, 5) is 28.3. The molecular formula is C68H64O8P2. The number of hydrogen-bond acceptors (Lipinski definition) is 8. The van der Waals surface area contributed by atoms with Gasteiger partial charge in [-0.05, 0) is 0 Å². The van der Waals surface area contributed by atoms with Gasteiger partial charge in [-0.15, -0.1) is 0 Å². The third-order valence-electron chi connectivity index (χ3n) is 14.9. The van der Waals surface area contributed by atoms with E-state index in [-0.39, 0.29) is 16.4 Å². The molecule has 1 heterocycles. The Hall–Kier alpha value is -7.38. The van der Waals surface area contributed by atoms with Crippen molar-refractivity contribution in [2.24, 2.45) is 0 Å². The maximum absolute atomic E-state index is 14.2. The molecule has 1 saturated heterocycles. The zero-order valence-corrected chi connectivity index (χ0v) is 47.0. The second-order valence-electron chi connectivity index (χ2n) is 22.0. The zero-order chi connectivity index (χ0) is 54.5. The molecule has 0 unspecified atom stereocenters. The minimum atomic E-state index is -5.82. The number of ether oxygens (including phenoxy) is 2. The van der Waals surface area contributed by atoms with Gasteiger partial charge in [-0.1, -0.05) is 24.3 Å². The van der Waals surface area contributed by atoms with E-state index in [1.165, 1.54) is 0 Å². The molecule has 10 heteroatoms. The molecule has 11 rings (SSSR count). The van der Waals surface area contributed by atoms with Crippen LogP contribution in [0, 0.1) is 0 Å². The molecule has 0 bridgehead atoms. The molecule has 1 aliphatic heterocycles. The van der Waals surface area contributed by atoms with E-state index in [1.807, 2.05) is 170 Å². The summed E-state index contributed by atoms with van der Waals surface area (Å²) in [6, 6.07) is 75.1. The van der Waals surface area contributed by atoms with Crippen molar-refractivity contribution in [2.45, 2.75) is 63.6 Å². The second kappa shape index (κ2) is 20.1. The Balaban J connectivity index is 1.19. The van der Waals surface area contributed by atoms with Crippen LogP contribution in [0.3, 0.4) is 0 Å². The molecule has 0 aromatic heterocycles. The van der Waals surface area contributed by atoms with Crippen LogP contribution in [0.15, 0.2) is 231 Å². The topological polar surface area (TPSA) is 95.8 Å². The number of hydrogen-bond donors (Lipinski definition) is 2. The van der Waals surface area contributed by atoms with Crippen LogP contribution in [0.25, 0.3) is 32.7 Å². The summed E-state index contributed by atoms with van der Waals surface area (Å²) in [5, 5.41) is 3.98. The molecule has 0 spiro atoms. The predicted molar refractivity (Wildman–Crippen MR) is 319 cm³/mol. The van der Waals surface area contributed by atoms with Gasteiger partial charge in [0.15, 0.2) is 0 Å². The summed E-state index contributed by atoms with van der Waals surface area (Å²) in [6.45, 7) is 12.7. The van der Waals surface area contributed by atoms with Gasteiger partial charge in [0.2, 0.25) is 0 Å². The van der Waals surface area contributed by atoms with Crippen molar-refractivity contribution in [3.8, 4) is 34.1 Å². The molecule has 394 valence electrons. The van der Waals surface area contributed by atoms with Crippen LogP contribution in [0.5, 0.6) is 23.0 Å². The molecule has 1 fully saturated rings. The van der Waals surface area contributed by atoms with Crippen molar-refractivity contribution in [3.05, 3.63) is 264 Å². The third-order valence-corrected chi connectivity index (χ3v) is 19.1. The van der Waals surface area contributed by atoms with Crippen LogP contribution in [-0.4, -0.2) is 24.0 Å². The Morgan fingerprint density at radius 1 is 0.410 bits per heavy atom. The van der Waals surface area contributed by atoms with Gasteiger partial charge in [-0.3, -0.25) is 0 Å². The van der Waals surface area contributed by atoms with Gasteiger partial charge in [-0.25, -0.2) is 0 Å². The number of rotatable bonds is 13. The van der Waals surface area contributed by atoms with Crippen molar-refractivity contribution in [3.63, 3.8) is 0 Å². The molecule has 1 aliphatic rings. The molecule has 10 aromatic carbocycles. The fourth-order valence-corrected chi connectivity index (χ4v) is 15.3. The second-order valence-corrected chi connectivity index (χ2v) is 26.1. The first-order chi connectivity index (χ1) is 37.5. The standard InChI is InChI=1S/C68H64O8P2/c1-65(2,3)62-61(72-8)46-59(64(63(62)66(4,5)6)74-78(69,70,56-40-37-47-25-21-23-27-49(47)43-56)57-41-38-48-26-22-24-28-50(48)44-57)58-45-55(71-7)39-42-60(58)73-77-75-67(51-29-13-9-14-30-51,52-31-15-10-16-32-52)68(76-77,53-33-17-11-18-34-53)54-35-19-12-20-36-54/h9-46,69-70H,1-8H3. The molecule has 2 N–H and O–H groups in total. The Labute approximate surface area is 459 Å². The van der Waals surface area contributed by atoms with Crippen LogP contribution >= 0.6 is 15.9 Å². The fraction of sp³-hybridized carbons (Fsp3) is 0.176. The van der Waals surface area contributed by atoms with Gasteiger partial charge in [0.1, 0.15) is 0 Å². The molecule has 0 amide bonds. The van der Waals surface area contributed by atoms with Crippen LogP contribution < -0.4 is 29.1 Å². The molecular weight excluding hydrogens is 1010 g/mol. The number of fused-ring (bicyclic) bond motifs is 2. The van der Waals surface area contributed by atoms with E-state index in [2.05, 4.69) is 90.1 Å². The van der Waals surface area contributed by atoms with E-state index in [0.29, 0.717) is 28.4 Å². The van der Waals surface area contributed by atoms with Crippen LogP contribution in [-0.2, 0) is 31.1 Å². The summed E-state index contributed by atoms with van der Waals surface area (Å²) < 4.78 is 42.7. The van der Waals surface area contributed by atoms with Crippen molar-refractivity contribution in [1.82, 2.24) is 0 Å². The summed E-state index contributed by atoms with van der Waals surface area (Å²) in [5.74, 6) is 1.69. The molecule has 0 aliphatic carbocycles. The zero-order valence-electron chi connectivity index (χ0n) is 45.2. The van der Waals surface area contributed by atoms with Crippen molar-refractivity contribution in [2.75, 3.05) is 14.2 Å². The van der Waals surface area contributed by atoms with Gasteiger partial charge in [0, 0.05) is 0 Å². The first kappa shape index (κ1) is 52.7. The molecule has 0 radical (unpaired) electrons. The fourth-order valence-electron chi connectivity index (χ4n) is 11.3.